The fourth-order valence-corrected chi connectivity index (χ4v) is 5.28. The molecule has 0 saturated heterocycles. The van der Waals surface area contributed by atoms with Gasteiger partial charge in [-0.1, -0.05) is 46.5 Å². The van der Waals surface area contributed by atoms with Gasteiger partial charge in [-0.05, 0) is 78.2 Å². The standard InChI is InChI=1S/C28H39NO5Si/c1-7-28(33)15-14-27(2,3)23-13-12-22(18-24(23)28)29(19-34-16-17-35(4,5)6)25(30)20-8-10-21(11-9-20)26(31)32/h8-13,18,33H,7,14-17,19H2,1-6H3,(H,31,32). The topological polar surface area (TPSA) is 87.1 Å². The summed E-state index contributed by atoms with van der Waals surface area (Å²) >= 11 is 0. The Morgan fingerprint density at radius 2 is 1.63 bits per heavy atom. The number of fused-ring (bicyclic) bond motifs is 1. The number of carbonyl (C=O) groups is 2. The van der Waals surface area contributed by atoms with Gasteiger partial charge in [0.1, 0.15) is 6.73 Å². The highest BCUT2D eigenvalue weighted by atomic mass is 28.3. The van der Waals surface area contributed by atoms with E-state index in [1.54, 1.807) is 4.90 Å². The summed E-state index contributed by atoms with van der Waals surface area (Å²) in [5.41, 5.74) is 2.15. The third-order valence-corrected chi connectivity index (χ3v) is 8.84. The first-order valence-corrected chi connectivity index (χ1v) is 16.1. The van der Waals surface area contributed by atoms with E-state index >= 15 is 0 Å². The van der Waals surface area contributed by atoms with E-state index in [0.717, 1.165) is 23.6 Å². The molecule has 0 spiro atoms. The maximum Gasteiger partial charge on any atom is 0.335 e. The molecule has 0 bridgehead atoms. The van der Waals surface area contributed by atoms with Crippen LogP contribution in [0, 0.1) is 0 Å². The van der Waals surface area contributed by atoms with Gasteiger partial charge in [0.15, 0.2) is 0 Å². The zero-order valence-corrected chi connectivity index (χ0v) is 22.9. The number of aliphatic hydroxyl groups is 1. The number of aromatic carboxylic acids is 1. The minimum atomic E-state index is -1.29. The first-order chi connectivity index (χ1) is 16.3. The molecule has 0 aromatic heterocycles. The Kier molecular flexibility index (Phi) is 7.94. The van der Waals surface area contributed by atoms with Crippen LogP contribution in [0.2, 0.25) is 25.7 Å². The Hall–Kier alpha value is -2.48. The van der Waals surface area contributed by atoms with Crippen molar-refractivity contribution < 1.29 is 24.5 Å². The summed E-state index contributed by atoms with van der Waals surface area (Å²) in [6.07, 6.45) is 2.16. The average Bonchev–Trinajstić information content (AvgIpc) is 2.80. The maximum atomic E-state index is 13.6. The summed E-state index contributed by atoms with van der Waals surface area (Å²) in [6.45, 7) is 13.8. The van der Waals surface area contributed by atoms with Crippen LogP contribution in [-0.4, -0.2) is 43.5 Å². The van der Waals surface area contributed by atoms with Crippen LogP contribution in [0.1, 0.15) is 71.9 Å². The fourth-order valence-electron chi connectivity index (χ4n) is 4.53. The molecule has 190 valence electrons. The minimum Gasteiger partial charge on any atom is -0.478 e. The van der Waals surface area contributed by atoms with Crippen LogP contribution in [0.5, 0.6) is 0 Å². The SMILES string of the molecule is CCC1(O)CCC(C)(C)c2ccc(N(COCC[Si](C)(C)C)C(=O)c3ccc(C(=O)O)cc3)cc21. The molecule has 35 heavy (non-hydrogen) atoms. The molecule has 0 saturated carbocycles. The number of rotatable bonds is 9. The number of benzene rings is 2. The van der Waals surface area contributed by atoms with E-state index in [4.69, 9.17) is 4.74 Å². The Labute approximate surface area is 209 Å². The number of carboxylic acid groups (broad SMARTS) is 1. The van der Waals surface area contributed by atoms with Gasteiger partial charge in [0.2, 0.25) is 0 Å². The molecule has 0 aliphatic heterocycles. The zero-order chi connectivity index (χ0) is 26.0. The monoisotopic (exact) mass is 497 g/mol. The van der Waals surface area contributed by atoms with E-state index < -0.39 is 19.6 Å². The Morgan fingerprint density at radius 3 is 2.20 bits per heavy atom. The largest absolute Gasteiger partial charge is 0.478 e. The van der Waals surface area contributed by atoms with Crippen molar-refractivity contribution in [2.75, 3.05) is 18.2 Å². The Morgan fingerprint density at radius 1 is 1.00 bits per heavy atom. The van der Waals surface area contributed by atoms with Gasteiger partial charge in [0, 0.05) is 25.9 Å². The van der Waals surface area contributed by atoms with Crippen LogP contribution in [0.15, 0.2) is 42.5 Å². The number of anilines is 1. The third kappa shape index (κ3) is 6.21. The van der Waals surface area contributed by atoms with E-state index in [1.807, 2.05) is 25.1 Å². The molecule has 1 aliphatic carbocycles. The van der Waals surface area contributed by atoms with Crippen molar-refractivity contribution in [3.8, 4) is 0 Å². The van der Waals surface area contributed by atoms with Gasteiger partial charge in [-0.2, -0.15) is 0 Å². The molecular weight excluding hydrogens is 458 g/mol. The van der Waals surface area contributed by atoms with Gasteiger partial charge in [-0.15, -0.1) is 0 Å². The van der Waals surface area contributed by atoms with Crippen molar-refractivity contribution in [2.24, 2.45) is 0 Å². The molecule has 1 amide bonds. The van der Waals surface area contributed by atoms with Crippen molar-refractivity contribution in [3.63, 3.8) is 0 Å². The number of hydrogen-bond donors (Lipinski definition) is 2. The Bertz CT molecular complexity index is 1070. The third-order valence-electron chi connectivity index (χ3n) is 7.13. The highest BCUT2D eigenvalue weighted by Crippen LogP contribution is 2.47. The lowest BCUT2D eigenvalue weighted by atomic mass is 9.66. The first-order valence-electron chi connectivity index (χ1n) is 12.4. The second-order valence-corrected chi connectivity index (χ2v) is 17.1. The summed E-state index contributed by atoms with van der Waals surface area (Å²) < 4.78 is 5.98. The van der Waals surface area contributed by atoms with E-state index in [1.165, 1.54) is 24.3 Å². The fraction of sp³-hybridized carbons (Fsp3) is 0.500. The lowest BCUT2D eigenvalue weighted by molar-refractivity contribution is 0.00498. The second-order valence-electron chi connectivity index (χ2n) is 11.5. The van der Waals surface area contributed by atoms with Crippen LogP contribution in [0.3, 0.4) is 0 Å². The molecule has 0 fully saturated rings. The summed E-state index contributed by atoms with van der Waals surface area (Å²) in [6, 6.07) is 12.8. The normalized spacial score (nSPS) is 19.2. The number of carboxylic acids is 1. The molecule has 2 aromatic rings. The number of amides is 1. The quantitative estimate of drug-likeness (QED) is 0.252. The van der Waals surface area contributed by atoms with Gasteiger partial charge < -0.3 is 14.9 Å². The predicted molar refractivity (Wildman–Crippen MR) is 142 cm³/mol. The number of ether oxygens (including phenoxy) is 1. The Balaban J connectivity index is 1.99. The predicted octanol–water partition coefficient (Wildman–Crippen LogP) is 6.01. The molecule has 0 heterocycles. The van der Waals surface area contributed by atoms with Gasteiger partial charge in [-0.3, -0.25) is 9.69 Å². The van der Waals surface area contributed by atoms with Gasteiger partial charge in [0.25, 0.3) is 5.91 Å². The molecule has 2 aromatic carbocycles. The van der Waals surface area contributed by atoms with Crippen molar-refractivity contribution in [1.82, 2.24) is 0 Å². The van der Waals surface area contributed by atoms with E-state index in [2.05, 4.69) is 33.5 Å². The van der Waals surface area contributed by atoms with Crippen molar-refractivity contribution >= 4 is 25.6 Å². The molecule has 1 unspecified atom stereocenters. The number of carbonyl (C=O) groups excluding carboxylic acids is 1. The molecule has 7 heteroatoms. The second kappa shape index (κ2) is 10.2. The molecule has 0 radical (unpaired) electrons. The molecule has 2 N–H and O–H groups in total. The molecule has 3 rings (SSSR count). The van der Waals surface area contributed by atoms with Crippen LogP contribution < -0.4 is 4.90 Å². The van der Waals surface area contributed by atoms with E-state index in [0.29, 0.717) is 30.7 Å². The van der Waals surface area contributed by atoms with Crippen LogP contribution in [0.25, 0.3) is 0 Å². The summed E-state index contributed by atoms with van der Waals surface area (Å²) in [4.78, 5) is 26.4. The minimum absolute atomic E-state index is 0.0649. The van der Waals surface area contributed by atoms with Gasteiger partial charge in [0.05, 0.1) is 11.2 Å². The first kappa shape index (κ1) is 27.1. The number of hydrogen-bond acceptors (Lipinski definition) is 4. The van der Waals surface area contributed by atoms with Crippen molar-refractivity contribution in [3.05, 3.63) is 64.7 Å². The maximum absolute atomic E-state index is 13.6. The molecule has 6 nitrogen and oxygen atoms in total. The van der Waals surface area contributed by atoms with Crippen molar-refractivity contribution in [1.29, 1.82) is 0 Å². The molecular formula is C28H39NO5Si. The highest BCUT2D eigenvalue weighted by Gasteiger charge is 2.41. The van der Waals surface area contributed by atoms with Crippen LogP contribution in [-0.2, 0) is 15.8 Å². The lowest BCUT2D eigenvalue weighted by Crippen LogP contribution is -2.38. The van der Waals surface area contributed by atoms with Gasteiger partial charge >= 0.3 is 5.97 Å². The summed E-state index contributed by atoms with van der Waals surface area (Å²) in [7, 11) is -1.29. The summed E-state index contributed by atoms with van der Waals surface area (Å²) in [5, 5.41) is 20.6. The lowest BCUT2D eigenvalue weighted by Gasteiger charge is -2.42. The van der Waals surface area contributed by atoms with Gasteiger partial charge in [-0.25, -0.2) is 4.79 Å². The zero-order valence-electron chi connectivity index (χ0n) is 21.9. The average molecular weight is 498 g/mol. The van der Waals surface area contributed by atoms with Crippen LogP contribution >= 0.6 is 0 Å². The molecule has 1 atom stereocenters. The van der Waals surface area contributed by atoms with E-state index in [9.17, 15) is 19.8 Å². The van der Waals surface area contributed by atoms with Crippen LogP contribution in [0.4, 0.5) is 5.69 Å². The highest BCUT2D eigenvalue weighted by molar-refractivity contribution is 6.76. The van der Waals surface area contributed by atoms with E-state index in [-0.39, 0.29) is 23.6 Å². The summed E-state index contributed by atoms with van der Waals surface area (Å²) in [5.74, 6) is -1.31. The van der Waals surface area contributed by atoms with Crippen molar-refractivity contribution in [2.45, 2.75) is 76.7 Å². The smallest absolute Gasteiger partial charge is 0.335 e. The molecule has 1 aliphatic rings. The number of nitrogens with zero attached hydrogens (tertiary/aromatic N) is 1.